The minimum Gasteiger partial charge on any atom is -0.497 e. The molecule has 19 nitrogen and oxygen atoms in total. The third-order valence-electron chi connectivity index (χ3n) is 14.3. The molecule has 6 aromatic carbocycles. The fraction of sp³-hybridized carbons (Fsp3) is 0.358. The maximum atomic E-state index is 15.1. The second-order valence-electron chi connectivity index (χ2n) is 23.0. The van der Waals surface area contributed by atoms with Crippen LogP contribution in [0.2, 0.25) is 0 Å². The standard InChI is InChI=1S/C67H75N5O14/c1-66(2,3)85-59(74)33-32-55(61(75)71-60(45-36-48(80-7)38-49(37-45)81-8)44-26-30-46(31-27-44)82-41-58(73)68-39-43-17-10-9-11-18-43)69-62(76)56(35-42-24-28-47(29-25-42)84-65(79)86-67(4,5)6)70-63(77)57-23-16-34-72(57)64(78)83-40-54-52-21-14-12-19-50(52)51-20-13-15-22-53(51)54/h9-15,17-22,24-31,36-38,54-57,60H,16,23,32-35,39-41H2,1-8H3,(H,68,73)(H,69,76)(H,70,77)(H,71,75)/t55-,56-,57-,60?/m0/s1. The van der Waals surface area contributed by atoms with Gasteiger partial charge in [0.05, 0.1) is 20.3 Å². The number of fused-ring (bicyclic) bond motifs is 3. The summed E-state index contributed by atoms with van der Waals surface area (Å²) in [4.78, 5) is 98.9. The number of nitrogens with one attached hydrogen (secondary N) is 4. The number of benzene rings is 6. The Labute approximate surface area is 501 Å². The number of methoxy groups -OCH3 is 2. The molecule has 1 fully saturated rings. The molecule has 452 valence electrons. The van der Waals surface area contributed by atoms with Crippen molar-refractivity contribution in [3.63, 3.8) is 0 Å². The number of rotatable bonds is 23. The average molecular weight is 1170 g/mol. The van der Waals surface area contributed by atoms with Crippen molar-refractivity contribution in [2.75, 3.05) is 34.0 Å². The van der Waals surface area contributed by atoms with Gasteiger partial charge < -0.3 is 54.4 Å². The lowest BCUT2D eigenvalue weighted by molar-refractivity contribution is -0.155. The van der Waals surface area contributed by atoms with Gasteiger partial charge in [-0.15, -0.1) is 0 Å². The number of hydrogen-bond acceptors (Lipinski definition) is 14. The van der Waals surface area contributed by atoms with E-state index in [1.165, 1.54) is 31.3 Å². The molecule has 1 saturated heterocycles. The summed E-state index contributed by atoms with van der Waals surface area (Å²) in [5.74, 6) is -1.97. The quantitative estimate of drug-likeness (QED) is 0.0266. The van der Waals surface area contributed by atoms with Gasteiger partial charge in [0.15, 0.2) is 6.61 Å². The van der Waals surface area contributed by atoms with Crippen LogP contribution in [0.1, 0.15) is 113 Å². The van der Waals surface area contributed by atoms with E-state index in [0.29, 0.717) is 46.9 Å². The van der Waals surface area contributed by atoms with E-state index in [9.17, 15) is 24.0 Å². The average Bonchev–Trinajstić information content (AvgIpc) is 1.94. The lowest BCUT2D eigenvalue weighted by atomic mass is 9.97. The Morgan fingerprint density at radius 2 is 1.20 bits per heavy atom. The van der Waals surface area contributed by atoms with E-state index >= 15 is 9.59 Å². The first-order valence-electron chi connectivity index (χ1n) is 28.6. The molecular weight excluding hydrogens is 1100 g/mol. The van der Waals surface area contributed by atoms with Crippen LogP contribution >= 0.6 is 0 Å². The molecule has 19 heteroatoms. The van der Waals surface area contributed by atoms with E-state index in [4.69, 9.17) is 33.2 Å². The van der Waals surface area contributed by atoms with Crippen LogP contribution in [0.5, 0.6) is 23.0 Å². The van der Waals surface area contributed by atoms with Gasteiger partial charge in [0, 0.05) is 37.9 Å². The summed E-state index contributed by atoms with van der Waals surface area (Å²) in [5, 5.41) is 11.7. The Balaban J connectivity index is 1.05. The first kappa shape index (κ1) is 62.7. The highest BCUT2D eigenvalue weighted by Crippen LogP contribution is 2.45. The zero-order valence-corrected chi connectivity index (χ0v) is 49.8. The Bertz CT molecular complexity index is 3290. The van der Waals surface area contributed by atoms with Crippen molar-refractivity contribution in [2.45, 2.75) is 121 Å². The summed E-state index contributed by atoms with van der Waals surface area (Å²) in [5.41, 5.74) is 5.03. The normalized spacial score (nSPS) is 14.7. The number of carbonyl (C=O) groups excluding carboxylic acids is 7. The molecule has 1 aliphatic carbocycles. The van der Waals surface area contributed by atoms with Crippen molar-refractivity contribution in [3.05, 3.63) is 179 Å². The highest BCUT2D eigenvalue weighted by Gasteiger charge is 2.39. The van der Waals surface area contributed by atoms with Gasteiger partial charge in [-0.1, -0.05) is 103 Å². The van der Waals surface area contributed by atoms with E-state index < -0.39 is 71.3 Å². The predicted octanol–water partition coefficient (Wildman–Crippen LogP) is 9.67. The fourth-order valence-corrected chi connectivity index (χ4v) is 10.3. The first-order chi connectivity index (χ1) is 41.1. The van der Waals surface area contributed by atoms with Gasteiger partial charge in [-0.05, 0) is 142 Å². The molecule has 5 amide bonds. The van der Waals surface area contributed by atoms with Crippen LogP contribution in [0.25, 0.3) is 11.1 Å². The van der Waals surface area contributed by atoms with E-state index in [2.05, 4.69) is 21.3 Å². The Kier molecular flexibility index (Phi) is 20.7. The smallest absolute Gasteiger partial charge is 0.497 e. The number of hydrogen-bond donors (Lipinski definition) is 4. The fourth-order valence-electron chi connectivity index (χ4n) is 10.3. The molecule has 1 unspecified atom stereocenters. The number of nitrogens with zero attached hydrogens (tertiary/aromatic N) is 1. The molecule has 0 aromatic heterocycles. The van der Waals surface area contributed by atoms with Crippen LogP contribution in [-0.4, -0.2) is 110 Å². The second kappa shape index (κ2) is 28.5. The number of amides is 5. The lowest BCUT2D eigenvalue weighted by Crippen LogP contribution is -2.57. The van der Waals surface area contributed by atoms with Crippen LogP contribution in [0.15, 0.2) is 146 Å². The summed E-state index contributed by atoms with van der Waals surface area (Å²) in [6.07, 6.45) is -1.53. The van der Waals surface area contributed by atoms with Crippen molar-refractivity contribution in [1.82, 2.24) is 26.2 Å². The predicted molar refractivity (Wildman–Crippen MR) is 321 cm³/mol. The maximum absolute atomic E-state index is 15.1. The van der Waals surface area contributed by atoms with Crippen LogP contribution in [-0.2, 0) is 51.1 Å². The van der Waals surface area contributed by atoms with Gasteiger partial charge in [-0.3, -0.25) is 28.9 Å². The van der Waals surface area contributed by atoms with E-state index in [0.717, 1.165) is 27.8 Å². The summed E-state index contributed by atoms with van der Waals surface area (Å²) < 4.78 is 39.4. The van der Waals surface area contributed by atoms with Gasteiger partial charge in [-0.2, -0.15) is 0 Å². The van der Waals surface area contributed by atoms with Crippen LogP contribution in [0.4, 0.5) is 9.59 Å². The highest BCUT2D eigenvalue weighted by atomic mass is 16.7. The van der Waals surface area contributed by atoms with Gasteiger partial charge in [0.25, 0.3) is 5.91 Å². The molecule has 0 saturated carbocycles. The molecule has 0 spiro atoms. The van der Waals surface area contributed by atoms with Crippen molar-refractivity contribution in [2.24, 2.45) is 0 Å². The molecule has 4 N–H and O–H groups in total. The molecule has 4 atom stereocenters. The Morgan fingerprint density at radius 1 is 0.605 bits per heavy atom. The van der Waals surface area contributed by atoms with Crippen LogP contribution in [0, 0.1) is 0 Å². The largest absolute Gasteiger partial charge is 0.514 e. The summed E-state index contributed by atoms with van der Waals surface area (Å²) in [6, 6.07) is 38.7. The van der Waals surface area contributed by atoms with Gasteiger partial charge >= 0.3 is 18.2 Å². The number of esters is 1. The molecule has 1 aliphatic heterocycles. The number of ether oxygens (including phenoxy) is 7. The van der Waals surface area contributed by atoms with E-state index in [-0.39, 0.29) is 63.0 Å². The van der Waals surface area contributed by atoms with Crippen molar-refractivity contribution in [3.8, 4) is 34.1 Å². The van der Waals surface area contributed by atoms with E-state index in [1.807, 2.05) is 78.9 Å². The van der Waals surface area contributed by atoms with Crippen molar-refractivity contribution in [1.29, 1.82) is 0 Å². The molecule has 86 heavy (non-hydrogen) atoms. The minimum absolute atomic E-state index is 0.0328. The first-order valence-corrected chi connectivity index (χ1v) is 28.6. The second-order valence-corrected chi connectivity index (χ2v) is 23.0. The van der Waals surface area contributed by atoms with Gasteiger partial charge in [0.2, 0.25) is 17.7 Å². The maximum Gasteiger partial charge on any atom is 0.514 e. The van der Waals surface area contributed by atoms with Crippen LogP contribution < -0.4 is 40.2 Å². The summed E-state index contributed by atoms with van der Waals surface area (Å²) in [7, 11) is 2.98. The Hall–Kier alpha value is -9.39. The van der Waals surface area contributed by atoms with Gasteiger partial charge in [0.1, 0.15) is 58.9 Å². The Morgan fingerprint density at radius 3 is 1.81 bits per heavy atom. The van der Waals surface area contributed by atoms with Crippen molar-refractivity contribution < 1.29 is 66.7 Å². The molecule has 6 aromatic rings. The SMILES string of the molecule is COc1cc(OC)cc(C(NC(=O)[C@H](CCC(=O)OC(C)(C)C)NC(=O)[C@H](Cc2ccc(OC(=O)OC(C)(C)C)cc2)NC(=O)[C@@H]2CCCN2C(=O)OCC2c3ccccc3-c3ccccc32)c2ccc(OCC(=O)NCc3ccccc3)cc2)c1. The topological polar surface area (TPSA) is 235 Å². The zero-order valence-electron chi connectivity index (χ0n) is 49.8. The third kappa shape index (κ3) is 17.4. The monoisotopic (exact) mass is 1170 g/mol. The third-order valence-corrected chi connectivity index (χ3v) is 14.3. The van der Waals surface area contributed by atoms with E-state index in [1.54, 1.807) is 96.1 Å². The highest BCUT2D eigenvalue weighted by molar-refractivity contribution is 5.94. The molecule has 8 rings (SSSR count). The molecule has 1 heterocycles. The van der Waals surface area contributed by atoms with Crippen LogP contribution in [0.3, 0.4) is 0 Å². The lowest BCUT2D eigenvalue weighted by Gasteiger charge is -2.28. The van der Waals surface area contributed by atoms with Gasteiger partial charge in [-0.25, -0.2) is 9.59 Å². The molecule has 0 radical (unpaired) electrons. The number of carbonyl (C=O) groups is 7. The zero-order chi connectivity index (χ0) is 61.5. The molecular formula is C67H75N5O14. The number of likely N-dealkylation sites (tertiary alicyclic amines) is 1. The summed E-state index contributed by atoms with van der Waals surface area (Å²) in [6.45, 7) is 10.6. The molecule has 0 bridgehead atoms. The minimum atomic E-state index is -1.42. The molecule has 2 aliphatic rings. The summed E-state index contributed by atoms with van der Waals surface area (Å²) >= 11 is 0. The van der Waals surface area contributed by atoms with Crippen molar-refractivity contribution >= 4 is 41.8 Å².